The number of nitrogens with one attached hydrogen (secondary N) is 1. The molecule has 1 aliphatic rings. The molecule has 0 unspecified atom stereocenters. The van der Waals surface area contributed by atoms with E-state index < -0.39 is 17.5 Å². The van der Waals surface area contributed by atoms with Gasteiger partial charge in [-0.1, -0.05) is 12.1 Å². The van der Waals surface area contributed by atoms with Crippen LogP contribution in [-0.2, 0) is 4.74 Å². The number of carbonyl (C=O) groups is 1. The average Bonchev–Trinajstić information content (AvgIpc) is 3.39. The summed E-state index contributed by atoms with van der Waals surface area (Å²) in [4.78, 5) is 12.5. The Hall–Kier alpha value is -3.26. The first-order valence-electron chi connectivity index (χ1n) is 9.26. The standard InChI is InChI=1S/C21H19F2N3O3/c22-17-7-2-8-18(23)20(17)26-10-9-19(25-26)21(27)24-14-4-1-5-15(12-14)29-13-16-6-3-11-28-16/h1-2,4-5,7-10,12,16H,3,6,11,13H2,(H,24,27)/t16-/m0/s1. The highest BCUT2D eigenvalue weighted by molar-refractivity contribution is 6.02. The van der Waals surface area contributed by atoms with Gasteiger partial charge < -0.3 is 14.8 Å². The van der Waals surface area contributed by atoms with Gasteiger partial charge >= 0.3 is 0 Å². The van der Waals surface area contributed by atoms with Crippen LogP contribution in [0, 0.1) is 11.6 Å². The maximum absolute atomic E-state index is 13.9. The first-order valence-corrected chi connectivity index (χ1v) is 9.26. The van der Waals surface area contributed by atoms with Crippen molar-refractivity contribution < 1.29 is 23.0 Å². The van der Waals surface area contributed by atoms with Gasteiger partial charge in [0.05, 0.1) is 6.10 Å². The molecule has 0 bridgehead atoms. The second-order valence-electron chi connectivity index (χ2n) is 6.64. The molecule has 0 radical (unpaired) electrons. The summed E-state index contributed by atoms with van der Waals surface area (Å²) in [6.45, 7) is 1.21. The number of hydrogen-bond donors (Lipinski definition) is 1. The van der Waals surface area contributed by atoms with Crippen LogP contribution in [0.1, 0.15) is 23.3 Å². The number of nitrogens with zero attached hydrogens (tertiary/aromatic N) is 2. The lowest BCUT2D eigenvalue weighted by Crippen LogP contribution is -2.16. The molecule has 0 aliphatic carbocycles. The van der Waals surface area contributed by atoms with Gasteiger partial charge in [0.15, 0.2) is 17.3 Å². The third kappa shape index (κ3) is 4.43. The molecule has 4 rings (SSSR count). The molecule has 1 atom stereocenters. The largest absolute Gasteiger partial charge is 0.491 e. The van der Waals surface area contributed by atoms with Crippen molar-refractivity contribution in [3.8, 4) is 11.4 Å². The Morgan fingerprint density at radius 3 is 2.76 bits per heavy atom. The molecule has 150 valence electrons. The van der Waals surface area contributed by atoms with Crippen molar-refractivity contribution in [2.45, 2.75) is 18.9 Å². The number of anilines is 1. The van der Waals surface area contributed by atoms with Crippen molar-refractivity contribution in [2.24, 2.45) is 0 Å². The smallest absolute Gasteiger partial charge is 0.276 e. The molecule has 8 heteroatoms. The zero-order chi connectivity index (χ0) is 20.2. The maximum Gasteiger partial charge on any atom is 0.276 e. The highest BCUT2D eigenvalue weighted by Gasteiger charge is 2.17. The van der Waals surface area contributed by atoms with Gasteiger partial charge in [0, 0.05) is 24.6 Å². The summed E-state index contributed by atoms with van der Waals surface area (Å²) in [6.07, 6.45) is 3.43. The molecule has 3 aromatic rings. The number of halogens is 2. The van der Waals surface area contributed by atoms with Gasteiger partial charge in [0.1, 0.15) is 18.0 Å². The van der Waals surface area contributed by atoms with Crippen LogP contribution in [0.2, 0.25) is 0 Å². The number of amides is 1. The Labute approximate surface area is 166 Å². The lowest BCUT2D eigenvalue weighted by Gasteiger charge is -2.12. The van der Waals surface area contributed by atoms with Gasteiger partial charge in [-0.25, -0.2) is 13.5 Å². The molecule has 1 saturated heterocycles. The third-order valence-electron chi connectivity index (χ3n) is 4.54. The topological polar surface area (TPSA) is 65.4 Å². The van der Waals surface area contributed by atoms with Crippen LogP contribution in [0.4, 0.5) is 14.5 Å². The maximum atomic E-state index is 13.9. The van der Waals surface area contributed by atoms with Gasteiger partial charge in [-0.05, 0) is 43.2 Å². The van der Waals surface area contributed by atoms with E-state index in [1.807, 2.05) is 0 Å². The molecule has 1 fully saturated rings. The van der Waals surface area contributed by atoms with Gasteiger partial charge in [0.25, 0.3) is 5.91 Å². The number of aromatic nitrogens is 2. The van der Waals surface area contributed by atoms with E-state index in [0.717, 1.165) is 36.3 Å². The van der Waals surface area contributed by atoms with Crippen LogP contribution in [0.25, 0.3) is 5.69 Å². The van der Waals surface area contributed by atoms with Gasteiger partial charge in [-0.3, -0.25) is 4.79 Å². The SMILES string of the molecule is O=C(Nc1cccc(OC[C@@H]2CCCO2)c1)c1ccn(-c2c(F)cccc2F)n1. The van der Waals surface area contributed by atoms with E-state index in [4.69, 9.17) is 9.47 Å². The number of rotatable bonds is 6. The molecule has 6 nitrogen and oxygen atoms in total. The normalized spacial score (nSPS) is 16.0. The molecule has 1 amide bonds. The van der Waals surface area contributed by atoms with Crippen LogP contribution < -0.4 is 10.1 Å². The second-order valence-corrected chi connectivity index (χ2v) is 6.64. The van der Waals surface area contributed by atoms with E-state index in [9.17, 15) is 13.6 Å². The van der Waals surface area contributed by atoms with Crippen LogP contribution in [0.15, 0.2) is 54.7 Å². The molecule has 2 heterocycles. The van der Waals surface area contributed by atoms with Crippen molar-refractivity contribution in [3.63, 3.8) is 0 Å². The quantitative estimate of drug-likeness (QED) is 0.682. The van der Waals surface area contributed by atoms with E-state index in [-0.39, 0.29) is 17.5 Å². The fraction of sp³-hybridized carbons (Fsp3) is 0.238. The molecular formula is C21H19F2N3O3. The van der Waals surface area contributed by atoms with Crippen LogP contribution in [0.5, 0.6) is 5.75 Å². The minimum atomic E-state index is -0.767. The molecule has 2 aromatic carbocycles. The van der Waals surface area contributed by atoms with Crippen LogP contribution in [-0.4, -0.2) is 35.0 Å². The van der Waals surface area contributed by atoms with E-state index in [0.29, 0.717) is 18.0 Å². The average molecular weight is 399 g/mol. The highest BCUT2D eigenvalue weighted by Crippen LogP contribution is 2.21. The summed E-state index contributed by atoms with van der Waals surface area (Å²) in [5.74, 6) is -1.43. The Balaban J connectivity index is 1.43. The Kier molecular flexibility index (Phi) is 5.53. The summed E-state index contributed by atoms with van der Waals surface area (Å²) in [6, 6.07) is 11.9. The summed E-state index contributed by atoms with van der Waals surface area (Å²) >= 11 is 0. The minimum Gasteiger partial charge on any atom is -0.491 e. The predicted octanol–water partition coefficient (Wildman–Crippen LogP) is 3.96. The van der Waals surface area contributed by atoms with E-state index >= 15 is 0 Å². The summed E-state index contributed by atoms with van der Waals surface area (Å²) < 4.78 is 40.0. The van der Waals surface area contributed by atoms with E-state index in [1.165, 1.54) is 18.3 Å². The second kappa shape index (κ2) is 8.40. The van der Waals surface area contributed by atoms with Crippen molar-refractivity contribution in [3.05, 3.63) is 72.1 Å². The molecule has 1 aliphatic heterocycles. The van der Waals surface area contributed by atoms with Crippen molar-refractivity contribution in [2.75, 3.05) is 18.5 Å². The number of carbonyl (C=O) groups excluding carboxylic acids is 1. The summed E-state index contributed by atoms with van der Waals surface area (Å²) in [7, 11) is 0. The predicted molar refractivity (Wildman–Crippen MR) is 102 cm³/mol. The number of ether oxygens (including phenoxy) is 2. The van der Waals surface area contributed by atoms with Crippen LogP contribution in [0.3, 0.4) is 0 Å². The van der Waals surface area contributed by atoms with E-state index in [2.05, 4.69) is 10.4 Å². The lowest BCUT2D eigenvalue weighted by molar-refractivity contribution is 0.0680. The summed E-state index contributed by atoms with van der Waals surface area (Å²) in [5, 5.41) is 6.69. The Bertz CT molecular complexity index is 996. The number of para-hydroxylation sites is 1. The van der Waals surface area contributed by atoms with Gasteiger partial charge in [0.2, 0.25) is 0 Å². The van der Waals surface area contributed by atoms with Crippen molar-refractivity contribution in [1.29, 1.82) is 0 Å². The van der Waals surface area contributed by atoms with Crippen LogP contribution >= 0.6 is 0 Å². The number of hydrogen-bond acceptors (Lipinski definition) is 4. The fourth-order valence-corrected chi connectivity index (χ4v) is 3.10. The van der Waals surface area contributed by atoms with Gasteiger partial charge in [-0.15, -0.1) is 0 Å². The molecule has 1 aromatic heterocycles. The third-order valence-corrected chi connectivity index (χ3v) is 4.54. The highest BCUT2D eigenvalue weighted by atomic mass is 19.1. The van der Waals surface area contributed by atoms with Crippen molar-refractivity contribution >= 4 is 11.6 Å². The first-order chi connectivity index (χ1) is 14.1. The fourth-order valence-electron chi connectivity index (χ4n) is 3.10. The van der Waals surface area contributed by atoms with Crippen molar-refractivity contribution in [1.82, 2.24) is 9.78 Å². The molecule has 1 N–H and O–H groups in total. The molecule has 0 saturated carbocycles. The number of benzene rings is 2. The molecule has 29 heavy (non-hydrogen) atoms. The van der Waals surface area contributed by atoms with E-state index in [1.54, 1.807) is 24.3 Å². The minimum absolute atomic E-state index is 0.0262. The molecular weight excluding hydrogens is 380 g/mol. The molecule has 0 spiro atoms. The zero-order valence-corrected chi connectivity index (χ0v) is 15.5. The zero-order valence-electron chi connectivity index (χ0n) is 15.5. The first kappa shape index (κ1) is 19.1. The Morgan fingerprint density at radius 1 is 1.21 bits per heavy atom. The van der Waals surface area contributed by atoms with Gasteiger partial charge in [-0.2, -0.15) is 5.10 Å². The monoisotopic (exact) mass is 399 g/mol. The Morgan fingerprint density at radius 2 is 2.00 bits per heavy atom. The summed E-state index contributed by atoms with van der Waals surface area (Å²) in [5.41, 5.74) is 0.209. The lowest BCUT2D eigenvalue weighted by atomic mass is 10.2.